The monoisotopic (exact) mass is 236 g/mol. The van der Waals surface area contributed by atoms with Crippen molar-refractivity contribution in [3.63, 3.8) is 0 Å². The summed E-state index contributed by atoms with van der Waals surface area (Å²) in [6.45, 7) is 6.75. The number of carbonyl (C=O) groups is 2. The van der Waals surface area contributed by atoms with E-state index < -0.39 is 11.7 Å². The second-order valence-corrected chi connectivity index (χ2v) is 4.61. The van der Waals surface area contributed by atoms with Gasteiger partial charge in [-0.1, -0.05) is 0 Å². The molecule has 17 heavy (non-hydrogen) atoms. The number of aromatic nitrogens is 1. The first-order chi connectivity index (χ1) is 7.78. The number of anilines is 1. The van der Waals surface area contributed by atoms with Crippen molar-refractivity contribution in [1.82, 2.24) is 4.98 Å². The van der Waals surface area contributed by atoms with Crippen molar-refractivity contribution in [2.24, 2.45) is 0 Å². The Bertz CT molecular complexity index is 436. The summed E-state index contributed by atoms with van der Waals surface area (Å²) in [6.07, 6.45) is 0.905. The van der Waals surface area contributed by atoms with Gasteiger partial charge in [-0.25, -0.2) is 4.79 Å². The molecule has 0 spiro atoms. The number of nitrogens with one attached hydrogen (secondary N) is 1. The third kappa shape index (κ3) is 4.63. The molecule has 1 aromatic heterocycles. The minimum absolute atomic E-state index is 0.155. The zero-order chi connectivity index (χ0) is 13.1. The maximum atomic E-state index is 11.5. The number of hydrogen-bond acceptors (Lipinski definition) is 4. The van der Waals surface area contributed by atoms with Crippen LogP contribution in [0.3, 0.4) is 0 Å². The Balaban J connectivity index is 2.72. The molecule has 0 radical (unpaired) electrons. The van der Waals surface area contributed by atoms with Crippen molar-refractivity contribution in [2.45, 2.75) is 33.3 Å². The third-order valence-electron chi connectivity index (χ3n) is 1.77. The fourth-order valence-corrected chi connectivity index (χ4v) is 1.12. The Morgan fingerprint density at radius 2 is 2.00 bits per heavy atom. The lowest BCUT2D eigenvalue weighted by Gasteiger charge is -2.19. The van der Waals surface area contributed by atoms with Crippen LogP contribution >= 0.6 is 0 Å². The Hall–Kier alpha value is -1.91. The molecule has 1 rings (SSSR count). The molecule has 0 aliphatic carbocycles. The molecule has 5 nitrogen and oxygen atoms in total. The van der Waals surface area contributed by atoms with E-state index in [9.17, 15) is 9.59 Å². The zero-order valence-corrected chi connectivity index (χ0v) is 10.4. The fourth-order valence-electron chi connectivity index (χ4n) is 1.12. The van der Waals surface area contributed by atoms with E-state index >= 15 is 0 Å². The molecule has 1 N–H and O–H groups in total. The number of Topliss-reactive ketones (excluding diaryl/α,β-unsaturated/α-hetero) is 1. The molecular formula is C12H16N2O3. The number of ether oxygens (including phenoxy) is 1. The van der Waals surface area contributed by atoms with Gasteiger partial charge in [-0.15, -0.1) is 0 Å². The minimum Gasteiger partial charge on any atom is -0.444 e. The number of ketones is 1. The molecule has 0 aliphatic rings. The molecular weight excluding hydrogens is 220 g/mol. The summed E-state index contributed by atoms with van der Waals surface area (Å²) < 4.78 is 5.09. The van der Waals surface area contributed by atoms with Crippen LogP contribution in [-0.2, 0) is 4.74 Å². The van der Waals surface area contributed by atoms with Crippen LogP contribution in [0.25, 0.3) is 0 Å². The maximum Gasteiger partial charge on any atom is 0.412 e. The second-order valence-electron chi connectivity index (χ2n) is 4.61. The van der Waals surface area contributed by atoms with E-state index in [-0.39, 0.29) is 5.78 Å². The minimum atomic E-state index is -0.557. The van der Waals surface area contributed by atoms with Crippen LogP contribution < -0.4 is 5.32 Å². The molecule has 1 amide bonds. The van der Waals surface area contributed by atoms with Gasteiger partial charge in [0.25, 0.3) is 0 Å². The van der Waals surface area contributed by atoms with Gasteiger partial charge in [0.2, 0.25) is 0 Å². The number of nitrogens with zero attached hydrogens (tertiary/aromatic N) is 1. The lowest BCUT2D eigenvalue weighted by Crippen LogP contribution is -2.27. The van der Waals surface area contributed by atoms with Crippen LogP contribution in [0.4, 0.5) is 10.5 Å². The van der Waals surface area contributed by atoms with Crippen molar-refractivity contribution in [3.05, 3.63) is 24.0 Å². The first-order valence-electron chi connectivity index (χ1n) is 5.25. The molecule has 1 aromatic rings. The highest BCUT2D eigenvalue weighted by Gasteiger charge is 2.16. The molecule has 0 bridgehead atoms. The van der Waals surface area contributed by atoms with Crippen molar-refractivity contribution in [2.75, 3.05) is 5.32 Å². The average Bonchev–Trinajstić information content (AvgIpc) is 2.14. The molecule has 0 atom stereocenters. The quantitative estimate of drug-likeness (QED) is 0.801. The Labute approximate surface area is 100 Å². The van der Waals surface area contributed by atoms with E-state index in [0.29, 0.717) is 11.4 Å². The van der Waals surface area contributed by atoms with Crippen molar-refractivity contribution in [3.8, 4) is 0 Å². The molecule has 0 aromatic carbocycles. The van der Waals surface area contributed by atoms with Crippen LogP contribution in [0.1, 0.15) is 38.2 Å². The van der Waals surface area contributed by atoms with Gasteiger partial charge in [0.1, 0.15) is 11.3 Å². The first kappa shape index (κ1) is 13.2. The first-order valence-corrected chi connectivity index (χ1v) is 5.25. The van der Waals surface area contributed by atoms with Crippen LogP contribution in [-0.4, -0.2) is 22.5 Å². The number of rotatable bonds is 2. The molecule has 0 unspecified atom stereocenters. The molecule has 92 valence electrons. The molecule has 0 aliphatic heterocycles. The highest BCUT2D eigenvalue weighted by Crippen LogP contribution is 2.12. The second kappa shape index (κ2) is 4.95. The van der Waals surface area contributed by atoms with Gasteiger partial charge >= 0.3 is 6.09 Å². The summed E-state index contributed by atoms with van der Waals surface area (Å²) in [5.74, 6) is -0.155. The van der Waals surface area contributed by atoms with Crippen molar-refractivity contribution >= 4 is 17.6 Å². The van der Waals surface area contributed by atoms with Crippen molar-refractivity contribution in [1.29, 1.82) is 0 Å². The van der Waals surface area contributed by atoms with E-state index in [4.69, 9.17) is 4.74 Å². The zero-order valence-electron chi connectivity index (χ0n) is 10.4. The normalized spacial score (nSPS) is 10.8. The Kier molecular flexibility index (Phi) is 3.83. The topological polar surface area (TPSA) is 68.3 Å². The molecule has 0 fully saturated rings. The number of hydrogen-bond donors (Lipinski definition) is 1. The van der Waals surface area contributed by atoms with E-state index in [1.54, 1.807) is 26.8 Å². The summed E-state index contributed by atoms with van der Waals surface area (Å²) in [4.78, 5) is 26.5. The van der Waals surface area contributed by atoms with Gasteiger partial charge < -0.3 is 4.74 Å². The summed E-state index contributed by atoms with van der Waals surface area (Å²) in [7, 11) is 0. The van der Waals surface area contributed by atoms with E-state index in [2.05, 4.69) is 10.3 Å². The SMILES string of the molecule is CC(=O)c1cc(NC(=O)OC(C)(C)C)ccn1. The van der Waals surface area contributed by atoms with Gasteiger partial charge in [-0.2, -0.15) is 0 Å². The van der Waals surface area contributed by atoms with Crippen molar-refractivity contribution < 1.29 is 14.3 Å². The third-order valence-corrected chi connectivity index (χ3v) is 1.77. The molecule has 0 saturated carbocycles. The smallest absolute Gasteiger partial charge is 0.412 e. The van der Waals surface area contributed by atoms with Crippen LogP contribution in [0, 0.1) is 0 Å². The standard InChI is InChI=1S/C12H16N2O3/c1-8(15)10-7-9(5-6-13-10)14-11(16)17-12(2,3)4/h5-7H,1-4H3,(H,13,14,16). The number of carbonyl (C=O) groups excluding carboxylic acids is 2. The average molecular weight is 236 g/mol. The predicted octanol–water partition coefficient (Wildman–Crippen LogP) is 2.63. The van der Waals surface area contributed by atoms with E-state index in [1.807, 2.05) is 0 Å². The molecule has 1 heterocycles. The lowest BCUT2D eigenvalue weighted by atomic mass is 10.2. The van der Waals surface area contributed by atoms with Crippen LogP contribution in [0.2, 0.25) is 0 Å². The van der Waals surface area contributed by atoms with E-state index in [0.717, 1.165) is 0 Å². The fraction of sp³-hybridized carbons (Fsp3) is 0.417. The molecule has 0 saturated heterocycles. The van der Waals surface area contributed by atoms with Crippen LogP contribution in [0.15, 0.2) is 18.3 Å². The Morgan fingerprint density at radius 1 is 1.35 bits per heavy atom. The number of amides is 1. The lowest BCUT2D eigenvalue weighted by molar-refractivity contribution is 0.0635. The largest absolute Gasteiger partial charge is 0.444 e. The summed E-state index contributed by atoms with van der Waals surface area (Å²) in [5, 5.41) is 2.54. The number of pyridine rings is 1. The van der Waals surface area contributed by atoms with Gasteiger partial charge in [-0.05, 0) is 32.9 Å². The summed E-state index contributed by atoms with van der Waals surface area (Å²) >= 11 is 0. The van der Waals surface area contributed by atoms with Gasteiger partial charge in [-0.3, -0.25) is 15.1 Å². The summed E-state index contributed by atoms with van der Waals surface area (Å²) in [5.41, 5.74) is 0.235. The predicted molar refractivity (Wildman–Crippen MR) is 64.1 cm³/mol. The Morgan fingerprint density at radius 3 is 2.53 bits per heavy atom. The van der Waals surface area contributed by atoms with E-state index in [1.165, 1.54) is 19.2 Å². The van der Waals surface area contributed by atoms with Gasteiger partial charge in [0.05, 0.1) is 0 Å². The highest BCUT2D eigenvalue weighted by molar-refractivity contribution is 5.94. The van der Waals surface area contributed by atoms with Gasteiger partial charge in [0.15, 0.2) is 5.78 Å². The van der Waals surface area contributed by atoms with Gasteiger partial charge in [0, 0.05) is 18.8 Å². The highest BCUT2D eigenvalue weighted by atomic mass is 16.6. The molecule has 5 heteroatoms. The summed E-state index contributed by atoms with van der Waals surface area (Å²) in [6, 6.07) is 3.10. The van der Waals surface area contributed by atoms with Crippen LogP contribution in [0.5, 0.6) is 0 Å². The maximum absolute atomic E-state index is 11.5.